The first-order valence-corrected chi connectivity index (χ1v) is 9.27. The van der Waals surface area contributed by atoms with E-state index >= 15 is 0 Å². The number of piperazine rings is 1. The fourth-order valence-corrected chi connectivity index (χ4v) is 3.64. The Morgan fingerprint density at radius 3 is 2.68 bits per heavy atom. The van der Waals surface area contributed by atoms with Crippen LogP contribution in [0, 0.1) is 5.82 Å². The topological polar surface area (TPSA) is 45.7 Å². The average Bonchev–Trinajstić information content (AvgIpc) is 3.09. The van der Waals surface area contributed by atoms with Crippen LogP contribution < -0.4 is 4.74 Å². The van der Waals surface area contributed by atoms with Crippen LogP contribution in [0.3, 0.4) is 0 Å². The van der Waals surface area contributed by atoms with E-state index in [9.17, 15) is 9.18 Å². The van der Waals surface area contributed by atoms with Crippen LogP contribution in [0.1, 0.15) is 28.0 Å². The van der Waals surface area contributed by atoms with Crippen molar-refractivity contribution >= 4 is 17.2 Å². The average molecular weight is 363 g/mol. The van der Waals surface area contributed by atoms with Crippen LogP contribution in [0.4, 0.5) is 4.39 Å². The van der Waals surface area contributed by atoms with Crippen LogP contribution in [0.5, 0.6) is 5.75 Å². The Hall–Kier alpha value is -1.99. The number of hydrogen-bond donors (Lipinski definition) is 0. The zero-order valence-electron chi connectivity index (χ0n) is 14.5. The molecule has 0 N–H and O–H groups in total. The molecule has 0 atom stereocenters. The zero-order chi connectivity index (χ0) is 17.8. The Labute approximate surface area is 151 Å². The van der Waals surface area contributed by atoms with E-state index in [1.165, 1.54) is 19.2 Å². The maximum atomic E-state index is 13.8. The predicted molar refractivity (Wildman–Crippen MR) is 95.6 cm³/mol. The highest BCUT2D eigenvalue weighted by Gasteiger charge is 2.23. The second kappa shape index (κ2) is 7.93. The molecule has 0 spiro atoms. The largest absolute Gasteiger partial charge is 0.494 e. The molecule has 1 aromatic heterocycles. The third kappa shape index (κ3) is 4.16. The third-order valence-corrected chi connectivity index (χ3v) is 5.39. The molecule has 1 saturated heterocycles. The van der Waals surface area contributed by atoms with E-state index < -0.39 is 5.82 Å². The number of aryl methyl sites for hydroxylation is 1. The number of methoxy groups -OCH3 is 1. The minimum Gasteiger partial charge on any atom is -0.494 e. The van der Waals surface area contributed by atoms with E-state index in [0.717, 1.165) is 36.8 Å². The van der Waals surface area contributed by atoms with Gasteiger partial charge in [-0.05, 0) is 24.6 Å². The van der Waals surface area contributed by atoms with Gasteiger partial charge in [-0.3, -0.25) is 9.69 Å². The number of hydrogen-bond acceptors (Lipinski definition) is 5. The summed E-state index contributed by atoms with van der Waals surface area (Å²) in [5, 5.41) is 3.27. The Morgan fingerprint density at radius 1 is 1.32 bits per heavy atom. The lowest BCUT2D eigenvalue weighted by Crippen LogP contribution is -2.48. The van der Waals surface area contributed by atoms with Crippen LogP contribution in [0.2, 0.25) is 0 Å². The number of thiazole rings is 1. The maximum Gasteiger partial charge on any atom is 0.254 e. The lowest BCUT2D eigenvalue weighted by Gasteiger charge is -2.34. The van der Waals surface area contributed by atoms with Crippen molar-refractivity contribution in [3.8, 4) is 5.75 Å². The second-order valence-electron chi connectivity index (χ2n) is 6.00. The summed E-state index contributed by atoms with van der Waals surface area (Å²) in [5.41, 5.74) is 1.46. The molecule has 5 nitrogen and oxygen atoms in total. The van der Waals surface area contributed by atoms with Crippen molar-refractivity contribution < 1.29 is 13.9 Å². The number of halogens is 1. The van der Waals surface area contributed by atoms with Crippen LogP contribution in [-0.4, -0.2) is 54.0 Å². The zero-order valence-corrected chi connectivity index (χ0v) is 15.3. The highest BCUT2D eigenvalue weighted by molar-refractivity contribution is 7.09. The fraction of sp³-hybridized carbons (Fsp3) is 0.444. The molecule has 2 aromatic rings. The highest BCUT2D eigenvalue weighted by atomic mass is 32.1. The summed E-state index contributed by atoms with van der Waals surface area (Å²) in [6.45, 7) is 5.78. The number of ether oxygens (including phenoxy) is 1. The monoisotopic (exact) mass is 363 g/mol. The van der Waals surface area contributed by atoms with Crippen LogP contribution in [-0.2, 0) is 13.0 Å². The van der Waals surface area contributed by atoms with Gasteiger partial charge in [-0.2, -0.15) is 0 Å². The molecule has 0 aliphatic carbocycles. The molecule has 0 radical (unpaired) electrons. The number of aromatic nitrogens is 1. The molecular formula is C18H22FN3O2S. The van der Waals surface area contributed by atoms with Crippen molar-refractivity contribution in [2.24, 2.45) is 0 Å². The molecule has 2 heterocycles. The first kappa shape index (κ1) is 17.8. The summed E-state index contributed by atoms with van der Waals surface area (Å²) in [5.74, 6) is -0.499. The van der Waals surface area contributed by atoms with E-state index in [1.54, 1.807) is 22.3 Å². The quantitative estimate of drug-likeness (QED) is 0.820. The minimum atomic E-state index is -0.512. The van der Waals surface area contributed by atoms with Crippen molar-refractivity contribution in [3.05, 3.63) is 45.7 Å². The summed E-state index contributed by atoms with van der Waals surface area (Å²) < 4.78 is 18.7. The normalized spacial score (nSPS) is 15.4. The molecule has 1 aliphatic rings. The molecule has 7 heteroatoms. The SMILES string of the molecule is CCc1nc(CN2CCN(C(=O)c3ccc(OC)c(F)c3)CC2)cs1. The molecule has 25 heavy (non-hydrogen) atoms. The molecule has 0 unspecified atom stereocenters. The van der Waals surface area contributed by atoms with Crippen molar-refractivity contribution in [1.82, 2.24) is 14.8 Å². The van der Waals surface area contributed by atoms with Gasteiger partial charge >= 0.3 is 0 Å². The molecule has 0 bridgehead atoms. The summed E-state index contributed by atoms with van der Waals surface area (Å²) in [7, 11) is 1.41. The highest BCUT2D eigenvalue weighted by Crippen LogP contribution is 2.20. The Morgan fingerprint density at radius 2 is 2.08 bits per heavy atom. The summed E-state index contributed by atoms with van der Waals surface area (Å²) in [4.78, 5) is 21.2. The van der Waals surface area contributed by atoms with E-state index in [1.807, 2.05) is 0 Å². The van der Waals surface area contributed by atoms with Crippen molar-refractivity contribution in [2.45, 2.75) is 19.9 Å². The van der Waals surface area contributed by atoms with E-state index in [4.69, 9.17) is 4.74 Å². The Bertz CT molecular complexity index is 742. The molecule has 134 valence electrons. The number of amides is 1. The van der Waals surface area contributed by atoms with Crippen molar-refractivity contribution in [2.75, 3.05) is 33.3 Å². The number of benzene rings is 1. The van der Waals surface area contributed by atoms with Crippen LogP contribution in [0.15, 0.2) is 23.6 Å². The molecule has 1 amide bonds. The third-order valence-electron chi connectivity index (χ3n) is 4.35. The summed E-state index contributed by atoms with van der Waals surface area (Å²) in [6.07, 6.45) is 0.964. The number of carbonyl (C=O) groups is 1. The summed E-state index contributed by atoms with van der Waals surface area (Å²) in [6, 6.07) is 4.35. The lowest BCUT2D eigenvalue weighted by atomic mass is 10.1. The van der Waals surface area contributed by atoms with Crippen LogP contribution >= 0.6 is 11.3 Å². The van der Waals surface area contributed by atoms with Gasteiger partial charge in [0, 0.05) is 43.7 Å². The number of carbonyl (C=O) groups excluding carboxylic acids is 1. The van der Waals surface area contributed by atoms with E-state index in [2.05, 4.69) is 22.2 Å². The van der Waals surface area contributed by atoms with E-state index in [-0.39, 0.29) is 11.7 Å². The smallest absolute Gasteiger partial charge is 0.254 e. The van der Waals surface area contributed by atoms with Crippen molar-refractivity contribution in [1.29, 1.82) is 0 Å². The van der Waals surface area contributed by atoms with Gasteiger partial charge in [0.25, 0.3) is 5.91 Å². The van der Waals surface area contributed by atoms with Gasteiger partial charge in [-0.1, -0.05) is 6.92 Å². The fourth-order valence-electron chi connectivity index (χ4n) is 2.90. The van der Waals surface area contributed by atoms with Gasteiger partial charge in [-0.15, -0.1) is 11.3 Å². The molecular weight excluding hydrogens is 341 g/mol. The molecule has 1 aliphatic heterocycles. The molecule has 0 saturated carbocycles. The van der Waals surface area contributed by atoms with Gasteiger partial charge in [0.2, 0.25) is 0 Å². The lowest BCUT2D eigenvalue weighted by molar-refractivity contribution is 0.0626. The van der Waals surface area contributed by atoms with Gasteiger partial charge in [-0.25, -0.2) is 9.37 Å². The Kier molecular flexibility index (Phi) is 5.65. The number of rotatable bonds is 5. The first-order valence-electron chi connectivity index (χ1n) is 8.39. The molecule has 1 aromatic carbocycles. The first-order chi connectivity index (χ1) is 12.1. The summed E-state index contributed by atoms with van der Waals surface area (Å²) >= 11 is 1.70. The van der Waals surface area contributed by atoms with Crippen molar-refractivity contribution in [3.63, 3.8) is 0 Å². The second-order valence-corrected chi connectivity index (χ2v) is 6.95. The number of nitrogens with zero attached hydrogens (tertiary/aromatic N) is 3. The molecule has 3 rings (SSSR count). The minimum absolute atomic E-state index is 0.136. The Balaban J connectivity index is 1.56. The maximum absolute atomic E-state index is 13.8. The van der Waals surface area contributed by atoms with Gasteiger partial charge < -0.3 is 9.64 Å². The molecule has 1 fully saturated rings. The van der Waals surface area contributed by atoms with Gasteiger partial charge in [0.1, 0.15) is 0 Å². The predicted octanol–water partition coefficient (Wildman–Crippen LogP) is 2.81. The standard InChI is InChI=1S/C18H22FN3O2S/c1-3-17-20-14(12-25-17)11-21-6-8-22(9-7-21)18(23)13-4-5-16(24-2)15(19)10-13/h4-5,10,12H,3,6-9,11H2,1-2H3. The van der Waals surface area contributed by atoms with Gasteiger partial charge in [0.15, 0.2) is 11.6 Å². The van der Waals surface area contributed by atoms with E-state index in [0.29, 0.717) is 18.7 Å². The van der Waals surface area contributed by atoms with Gasteiger partial charge in [0.05, 0.1) is 17.8 Å². The van der Waals surface area contributed by atoms with Crippen LogP contribution in [0.25, 0.3) is 0 Å².